The van der Waals surface area contributed by atoms with Gasteiger partial charge in [-0.1, -0.05) is 97.1 Å². The number of hydrogen-bond acceptors (Lipinski definition) is 11. The maximum absolute atomic E-state index is 14.4. The largest absolute Gasteiger partial charge is 0.505 e. The number of carbonyl (C=O) groups is 3. The van der Waals surface area contributed by atoms with E-state index in [0.717, 1.165) is 32.6 Å². The van der Waals surface area contributed by atoms with E-state index in [1.54, 1.807) is 97.1 Å². The molecule has 0 atom stereocenters. The maximum atomic E-state index is 14.4. The second-order valence-corrected chi connectivity index (χ2v) is 18.3. The van der Waals surface area contributed by atoms with Crippen molar-refractivity contribution in [1.29, 1.82) is 0 Å². The molecule has 15 heteroatoms. The number of nitrogens with zero attached hydrogens (tertiary/aromatic N) is 4. The number of fused-ring (bicyclic) bond motifs is 13. The Labute approximate surface area is 430 Å². The Morgan fingerprint density at radius 2 is 0.882 bits per heavy atom. The van der Waals surface area contributed by atoms with Crippen LogP contribution in [0.2, 0.25) is 0 Å². The molecular weight excluding hydrogens is 957 g/mol. The zero-order chi connectivity index (χ0) is 51.8. The van der Waals surface area contributed by atoms with Gasteiger partial charge in [-0.25, -0.2) is 0 Å². The molecule has 0 bridgehead atoms. The summed E-state index contributed by atoms with van der Waals surface area (Å²) in [5.74, 6) is -1.36. The number of anilines is 2. The number of H-pyrrole nitrogens is 2. The van der Waals surface area contributed by atoms with Crippen molar-refractivity contribution in [2.75, 3.05) is 24.9 Å². The van der Waals surface area contributed by atoms with Crippen LogP contribution in [-0.2, 0) is 0 Å². The topological polar surface area (TPSA) is 215 Å². The van der Waals surface area contributed by atoms with Crippen molar-refractivity contribution in [2.24, 2.45) is 20.5 Å². The lowest BCUT2D eigenvalue weighted by molar-refractivity contribution is 0.101. The summed E-state index contributed by atoms with van der Waals surface area (Å²) in [5, 5.41) is 54.3. The molecule has 1 aliphatic carbocycles. The van der Waals surface area contributed by atoms with Crippen LogP contribution in [0, 0.1) is 0 Å². The molecule has 0 aliphatic heterocycles. The number of aromatic nitrogens is 2. The van der Waals surface area contributed by atoms with Gasteiger partial charge in [-0.3, -0.25) is 14.4 Å². The fourth-order valence-corrected chi connectivity index (χ4v) is 10.4. The quantitative estimate of drug-likeness (QED) is 0.0728. The summed E-state index contributed by atoms with van der Waals surface area (Å²) in [5.41, 5.74) is 6.75. The fraction of sp³-hybridized carbons (Fsp3) is 0.0328. The molecule has 366 valence electrons. The van der Waals surface area contributed by atoms with Crippen molar-refractivity contribution >= 4 is 117 Å². The number of aromatic hydroxyl groups is 2. The summed E-state index contributed by atoms with van der Waals surface area (Å²) in [4.78, 5) is 49.2. The number of carbonyl (C=O) groups excluding carboxylic acids is 3. The van der Waals surface area contributed by atoms with Crippen molar-refractivity contribution < 1.29 is 34.1 Å². The molecule has 15 nitrogen and oxygen atoms in total. The van der Waals surface area contributed by atoms with Crippen LogP contribution in [0.25, 0.3) is 76.3 Å². The van der Waals surface area contributed by atoms with Gasteiger partial charge in [0.15, 0.2) is 17.3 Å². The van der Waals surface area contributed by atoms with E-state index in [2.05, 4.69) is 41.1 Å². The first-order valence-electron chi connectivity index (χ1n) is 24.1. The van der Waals surface area contributed by atoms with Gasteiger partial charge in [0.25, 0.3) is 11.8 Å². The number of hydrogen-bond donors (Lipinski definition) is 6. The van der Waals surface area contributed by atoms with Crippen LogP contribution in [0.5, 0.6) is 23.0 Å². The lowest BCUT2D eigenvalue weighted by Gasteiger charge is -2.13. The van der Waals surface area contributed by atoms with Crippen molar-refractivity contribution in [3.63, 3.8) is 0 Å². The van der Waals surface area contributed by atoms with E-state index in [1.165, 1.54) is 14.2 Å². The molecule has 0 unspecified atom stereocenters. The van der Waals surface area contributed by atoms with Gasteiger partial charge in [-0.05, 0) is 94.7 Å². The van der Waals surface area contributed by atoms with Crippen molar-refractivity contribution in [3.05, 3.63) is 192 Å². The lowest BCUT2D eigenvalue weighted by atomic mass is 10.00. The Morgan fingerprint density at radius 3 is 1.33 bits per heavy atom. The summed E-state index contributed by atoms with van der Waals surface area (Å²) in [7, 11) is 3.01. The van der Waals surface area contributed by atoms with E-state index in [9.17, 15) is 24.6 Å². The molecule has 13 rings (SSSR count). The van der Waals surface area contributed by atoms with Gasteiger partial charge in [0.2, 0.25) is 0 Å². The Morgan fingerprint density at radius 1 is 0.461 bits per heavy atom. The second kappa shape index (κ2) is 17.8. The van der Waals surface area contributed by atoms with Crippen molar-refractivity contribution in [3.8, 4) is 34.1 Å². The van der Waals surface area contributed by atoms with Crippen LogP contribution < -0.4 is 20.1 Å². The molecule has 2 heterocycles. The summed E-state index contributed by atoms with van der Waals surface area (Å²) >= 11 is 0. The first-order chi connectivity index (χ1) is 37.1. The predicted octanol–water partition coefficient (Wildman–Crippen LogP) is 15.2. The van der Waals surface area contributed by atoms with E-state index in [-0.39, 0.29) is 28.3 Å². The Hall–Kier alpha value is -10.7. The molecular formula is C61H40N8O7. The Kier molecular flexibility index (Phi) is 10.6. The molecule has 76 heavy (non-hydrogen) atoms. The highest BCUT2D eigenvalue weighted by Crippen LogP contribution is 2.48. The third-order valence-electron chi connectivity index (χ3n) is 14.0. The number of ether oxygens (including phenoxy) is 2. The van der Waals surface area contributed by atoms with E-state index >= 15 is 0 Å². The average molecular weight is 997 g/mol. The van der Waals surface area contributed by atoms with Gasteiger partial charge >= 0.3 is 0 Å². The SMILES string of the molecule is COc1ccccc1NC(=O)c1cc2ccc3c4ccccc4[nH]c3c2c(N=Nc2ccc3c(c2)C(=O)c2cc(N=Nc4c(O)c(C(=O)Nc5ccccc5OC)cc5ccc6c7ccccc7[nH]c6c45)ccc2-3)c1O. The Balaban J connectivity index is 0.860. The van der Waals surface area contributed by atoms with Gasteiger partial charge in [-0.15, -0.1) is 10.2 Å². The first kappa shape index (κ1) is 45.2. The minimum Gasteiger partial charge on any atom is -0.505 e. The first-order valence-corrected chi connectivity index (χ1v) is 24.1. The van der Waals surface area contributed by atoms with Crippen LogP contribution >= 0.6 is 0 Å². The zero-order valence-electron chi connectivity index (χ0n) is 40.4. The van der Waals surface area contributed by atoms with Gasteiger partial charge in [-0.2, -0.15) is 10.2 Å². The molecule has 0 spiro atoms. The number of nitrogens with one attached hydrogen (secondary N) is 4. The number of azo groups is 2. The number of phenols is 2. The molecule has 2 aromatic heterocycles. The number of amides is 2. The van der Waals surface area contributed by atoms with Crippen LogP contribution in [0.1, 0.15) is 36.6 Å². The second-order valence-electron chi connectivity index (χ2n) is 18.3. The standard InChI is InChI=1S/C61H40N8O7/c1-75-49-17-9-7-15-47(49)64-60(73)43-27-31-19-23-39-37-11-3-5-13-45(37)62-53(39)51(31)55(58(43)71)68-66-33-21-25-35-36-26-22-34(30-42(36)57(70)41(35)29-33)67-69-56-52-32(20-24-40-38-12-4-6-14-46(38)63-54(40)52)28-44(59(56)72)61(74)65-48-16-8-10-18-50(48)76-2/h3-30,62-63,71-72H,1-2H3,(H,64,73)(H,65,74). The Bertz CT molecular complexity index is 4270. The van der Waals surface area contributed by atoms with E-state index in [0.29, 0.717) is 89.1 Å². The maximum Gasteiger partial charge on any atom is 0.259 e. The number of methoxy groups -OCH3 is 2. The van der Waals surface area contributed by atoms with Crippen LogP contribution in [0.3, 0.4) is 0 Å². The van der Waals surface area contributed by atoms with E-state index < -0.39 is 23.3 Å². The number of ketones is 1. The average Bonchev–Trinajstić information content (AvgIpc) is 4.13. The molecule has 2 amide bonds. The smallest absolute Gasteiger partial charge is 0.259 e. The predicted molar refractivity (Wildman–Crippen MR) is 296 cm³/mol. The monoisotopic (exact) mass is 996 g/mol. The van der Waals surface area contributed by atoms with Crippen molar-refractivity contribution in [1.82, 2.24) is 9.97 Å². The number of benzene rings is 10. The molecule has 0 radical (unpaired) electrons. The van der Waals surface area contributed by atoms with Crippen LogP contribution in [0.15, 0.2) is 190 Å². The molecule has 1 aliphatic rings. The molecule has 0 saturated heterocycles. The summed E-state index contributed by atoms with van der Waals surface area (Å²) in [6.07, 6.45) is 0. The van der Waals surface area contributed by atoms with Gasteiger partial charge < -0.3 is 40.3 Å². The molecule has 10 aromatic carbocycles. The zero-order valence-corrected chi connectivity index (χ0v) is 40.4. The van der Waals surface area contributed by atoms with Gasteiger partial charge in [0.1, 0.15) is 22.9 Å². The normalized spacial score (nSPS) is 12.2. The van der Waals surface area contributed by atoms with Gasteiger partial charge in [0.05, 0.1) is 59.1 Å². The van der Waals surface area contributed by atoms with Crippen molar-refractivity contribution in [2.45, 2.75) is 0 Å². The number of phenolic OH excluding ortho intramolecular Hbond substituents is 2. The summed E-state index contributed by atoms with van der Waals surface area (Å²) in [6.45, 7) is 0. The highest BCUT2D eigenvalue weighted by molar-refractivity contribution is 6.25. The number of aromatic amines is 2. The third kappa shape index (κ3) is 7.32. The third-order valence-corrected chi connectivity index (χ3v) is 14.0. The number of rotatable bonds is 10. The highest BCUT2D eigenvalue weighted by atomic mass is 16.5. The summed E-state index contributed by atoms with van der Waals surface area (Å²) < 4.78 is 10.9. The summed E-state index contributed by atoms with van der Waals surface area (Å²) in [6, 6.07) is 50.8. The molecule has 0 saturated carbocycles. The fourth-order valence-electron chi connectivity index (χ4n) is 10.4. The van der Waals surface area contributed by atoms with Gasteiger partial charge in [0, 0.05) is 54.5 Å². The minimum atomic E-state index is -0.588. The van der Waals surface area contributed by atoms with Crippen LogP contribution in [0.4, 0.5) is 34.1 Å². The molecule has 6 N–H and O–H groups in total. The van der Waals surface area contributed by atoms with Crippen LogP contribution in [-0.4, -0.2) is 52.0 Å². The van der Waals surface area contributed by atoms with E-state index in [1.807, 2.05) is 72.8 Å². The number of para-hydroxylation sites is 6. The highest BCUT2D eigenvalue weighted by Gasteiger charge is 2.29. The van der Waals surface area contributed by atoms with E-state index in [4.69, 9.17) is 9.47 Å². The molecule has 12 aromatic rings. The lowest BCUT2D eigenvalue weighted by Crippen LogP contribution is -2.13. The minimum absolute atomic E-state index is 0.0350. The molecule has 0 fully saturated rings.